The van der Waals surface area contributed by atoms with Crippen LogP contribution >= 0.6 is 0 Å². The van der Waals surface area contributed by atoms with Crippen LogP contribution in [0.25, 0.3) is 0 Å². The summed E-state index contributed by atoms with van der Waals surface area (Å²) in [5.74, 6) is -1.36. The quantitative estimate of drug-likeness (QED) is 0.844. The van der Waals surface area contributed by atoms with Gasteiger partial charge in [0.05, 0.1) is 17.3 Å². The average Bonchev–Trinajstić information content (AvgIpc) is 3.08. The van der Waals surface area contributed by atoms with E-state index in [1.807, 2.05) is 0 Å². The first-order valence-electron chi connectivity index (χ1n) is 7.89. The Hall–Kier alpha value is -2.45. The molecule has 9 heteroatoms. The highest BCUT2D eigenvalue weighted by Crippen LogP contribution is 2.46. The third kappa shape index (κ3) is 3.35. The Morgan fingerprint density at radius 1 is 1.24 bits per heavy atom. The fraction of sp³-hybridized carbons (Fsp3) is 0.500. The van der Waals surface area contributed by atoms with E-state index < -0.39 is 29.7 Å². The van der Waals surface area contributed by atoms with Crippen molar-refractivity contribution in [3.63, 3.8) is 0 Å². The molecular weight excluding hydrogens is 339 g/mol. The molecule has 0 atom stereocenters. The number of rotatable bonds is 3. The van der Waals surface area contributed by atoms with Gasteiger partial charge in [-0.15, -0.1) is 0 Å². The van der Waals surface area contributed by atoms with Crippen molar-refractivity contribution in [3.05, 3.63) is 24.0 Å². The summed E-state index contributed by atoms with van der Waals surface area (Å²) in [5, 5.41) is 2.35. The van der Waals surface area contributed by atoms with Crippen molar-refractivity contribution in [2.45, 2.75) is 38.3 Å². The fourth-order valence-electron chi connectivity index (χ4n) is 3.44. The summed E-state index contributed by atoms with van der Waals surface area (Å²) in [6.07, 6.45) is -0.482. The Labute approximate surface area is 141 Å². The number of nitrogens with zero attached hydrogens (tertiary/aromatic N) is 2. The standard InChI is InChI=1S/C16H16F3N3O3/c17-16(18,19)11-4-3-10(8-20-11)21-12(23)9-22-13(24)7-15(14(22)25)5-1-2-6-15/h3-4,8H,1-2,5-7,9H2,(H,21,23). The Morgan fingerprint density at radius 2 is 1.92 bits per heavy atom. The first-order valence-corrected chi connectivity index (χ1v) is 7.89. The van der Waals surface area contributed by atoms with Crippen molar-refractivity contribution < 1.29 is 27.6 Å². The molecule has 1 aromatic rings. The van der Waals surface area contributed by atoms with Gasteiger partial charge in [0.2, 0.25) is 17.7 Å². The molecule has 2 fully saturated rings. The summed E-state index contributed by atoms with van der Waals surface area (Å²) in [6.45, 7) is -0.444. The van der Waals surface area contributed by atoms with E-state index in [-0.39, 0.29) is 23.9 Å². The Balaban J connectivity index is 1.63. The first kappa shape index (κ1) is 17.4. The van der Waals surface area contributed by atoms with Gasteiger partial charge < -0.3 is 5.32 Å². The molecule has 0 aromatic carbocycles. The van der Waals surface area contributed by atoms with Gasteiger partial charge in [-0.1, -0.05) is 12.8 Å². The van der Waals surface area contributed by atoms with Gasteiger partial charge in [-0.3, -0.25) is 19.3 Å². The summed E-state index contributed by atoms with van der Waals surface area (Å²) < 4.78 is 37.4. The van der Waals surface area contributed by atoms with Crippen LogP contribution in [0.1, 0.15) is 37.8 Å². The van der Waals surface area contributed by atoms with Gasteiger partial charge in [0.15, 0.2) is 0 Å². The molecule has 6 nitrogen and oxygen atoms in total. The lowest BCUT2D eigenvalue weighted by Gasteiger charge is -2.20. The van der Waals surface area contributed by atoms with Gasteiger partial charge in [-0.2, -0.15) is 13.2 Å². The monoisotopic (exact) mass is 355 g/mol. The second-order valence-electron chi connectivity index (χ2n) is 6.43. The maximum absolute atomic E-state index is 12.5. The highest BCUT2D eigenvalue weighted by Gasteiger charge is 2.52. The first-order chi connectivity index (χ1) is 11.7. The number of amides is 3. The second kappa shape index (κ2) is 6.12. The zero-order chi connectivity index (χ0) is 18.2. The van der Waals surface area contributed by atoms with Gasteiger partial charge in [-0.25, -0.2) is 4.98 Å². The van der Waals surface area contributed by atoms with Crippen molar-refractivity contribution in [1.82, 2.24) is 9.88 Å². The molecule has 1 saturated heterocycles. The molecule has 2 heterocycles. The third-order valence-corrected chi connectivity index (χ3v) is 4.69. The lowest BCUT2D eigenvalue weighted by molar-refractivity contribution is -0.144. The number of pyridine rings is 1. The number of carbonyl (C=O) groups is 3. The van der Waals surface area contributed by atoms with E-state index in [1.165, 1.54) is 0 Å². The van der Waals surface area contributed by atoms with Gasteiger partial charge in [0.1, 0.15) is 12.2 Å². The number of likely N-dealkylation sites (tertiary alicyclic amines) is 1. The van der Waals surface area contributed by atoms with Crippen molar-refractivity contribution in [1.29, 1.82) is 0 Å². The maximum Gasteiger partial charge on any atom is 0.433 e. The number of halogens is 3. The Morgan fingerprint density at radius 3 is 2.48 bits per heavy atom. The lowest BCUT2D eigenvalue weighted by atomic mass is 9.84. The van der Waals surface area contributed by atoms with E-state index >= 15 is 0 Å². The minimum absolute atomic E-state index is 0.0627. The molecule has 134 valence electrons. The lowest BCUT2D eigenvalue weighted by Crippen LogP contribution is -2.39. The maximum atomic E-state index is 12.5. The normalized spacial score (nSPS) is 19.7. The predicted octanol–water partition coefficient (Wildman–Crippen LogP) is 2.36. The van der Waals surface area contributed by atoms with E-state index in [1.54, 1.807) is 0 Å². The fourth-order valence-corrected chi connectivity index (χ4v) is 3.44. The van der Waals surface area contributed by atoms with E-state index in [9.17, 15) is 27.6 Å². The molecule has 25 heavy (non-hydrogen) atoms. The SMILES string of the molecule is O=C(CN1C(=O)CC2(CCCC2)C1=O)Nc1ccc(C(F)(F)F)nc1. The zero-order valence-corrected chi connectivity index (χ0v) is 13.2. The van der Waals surface area contributed by atoms with Crippen LogP contribution in [0.3, 0.4) is 0 Å². The minimum Gasteiger partial charge on any atom is -0.323 e. The highest BCUT2D eigenvalue weighted by molar-refractivity contribution is 6.09. The molecule has 0 unspecified atom stereocenters. The van der Waals surface area contributed by atoms with Crippen LogP contribution < -0.4 is 5.32 Å². The summed E-state index contributed by atoms with van der Waals surface area (Å²) in [7, 11) is 0. The van der Waals surface area contributed by atoms with Gasteiger partial charge in [-0.05, 0) is 25.0 Å². The van der Waals surface area contributed by atoms with Crippen LogP contribution in [0.15, 0.2) is 18.3 Å². The number of hydrogen-bond acceptors (Lipinski definition) is 4. The number of alkyl halides is 3. The molecule has 3 rings (SSSR count). The van der Waals surface area contributed by atoms with Gasteiger partial charge in [0.25, 0.3) is 0 Å². The molecule has 1 aliphatic carbocycles. The Kier molecular flexibility index (Phi) is 4.26. The molecule has 2 aliphatic rings. The van der Waals surface area contributed by atoms with Crippen LogP contribution in [0.2, 0.25) is 0 Å². The largest absolute Gasteiger partial charge is 0.433 e. The number of aromatic nitrogens is 1. The number of hydrogen-bond donors (Lipinski definition) is 1. The molecule has 1 aliphatic heterocycles. The van der Waals surface area contributed by atoms with Crippen molar-refractivity contribution in [3.8, 4) is 0 Å². The average molecular weight is 355 g/mol. The van der Waals surface area contributed by atoms with E-state index in [4.69, 9.17) is 0 Å². The second-order valence-corrected chi connectivity index (χ2v) is 6.43. The summed E-state index contributed by atoms with van der Waals surface area (Å²) in [5.41, 5.74) is -1.67. The van der Waals surface area contributed by atoms with Crippen molar-refractivity contribution >= 4 is 23.4 Å². The van der Waals surface area contributed by atoms with Crippen LogP contribution in [-0.4, -0.2) is 34.2 Å². The van der Waals surface area contributed by atoms with Gasteiger partial charge >= 0.3 is 6.18 Å². The van der Waals surface area contributed by atoms with Crippen LogP contribution in [0.5, 0.6) is 0 Å². The minimum atomic E-state index is -4.56. The molecule has 0 radical (unpaired) electrons. The number of anilines is 1. The van der Waals surface area contributed by atoms with Crippen LogP contribution in [0.4, 0.5) is 18.9 Å². The summed E-state index contributed by atoms with van der Waals surface area (Å²) >= 11 is 0. The molecule has 1 N–H and O–H groups in total. The summed E-state index contributed by atoms with van der Waals surface area (Å²) in [4.78, 5) is 40.8. The number of imide groups is 1. The number of carbonyl (C=O) groups excluding carboxylic acids is 3. The van der Waals surface area contributed by atoms with E-state index in [0.717, 1.165) is 36.1 Å². The Bertz CT molecular complexity index is 710. The summed E-state index contributed by atoms with van der Waals surface area (Å²) in [6, 6.07) is 1.81. The number of nitrogens with one attached hydrogen (secondary N) is 1. The van der Waals surface area contributed by atoms with Crippen molar-refractivity contribution in [2.24, 2.45) is 5.41 Å². The van der Waals surface area contributed by atoms with Crippen LogP contribution in [0, 0.1) is 5.41 Å². The molecule has 1 saturated carbocycles. The molecule has 0 bridgehead atoms. The molecule has 1 aromatic heterocycles. The zero-order valence-electron chi connectivity index (χ0n) is 13.2. The van der Waals surface area contributed by atoms with Gasteiger partial charge in [0, 0.05) is 6.42 Å². The molecule has 1 spiro atoms. The predicted molar refractivity (Wildman–Crippen MR) is 80.1 cm³/mol. The van der Waals surface area contributed by atoms with E-state index in [0.29, 0.717) is 12.8 Å². The van der Waals surface area contributed by atoms with Crippen LogP contribution in [-0.2, 0) is 20.6 Å². The van der Waals surface area contributed by atoms with E-state index in [2.05, 4.69) is 10.3 Å². The van der Waals surface area contributed by atoms with Crippen molar-refractivity contribution in [2.75, 3.05) is 11.9 Å². The molecule has 3 amide bonds. The molecular formula is C16H16F3N3O3. The highest BCUT2D eigenvalue weighted by atomic mass is 19.4. The third-order valence-electron chi connectivity index (χ3n) is 4.69. The smallest absolute Gasteiger partial charge is 0.323 e. The topological polar surface area (TPSA) is 79.4 Å².